The van der Waals surface area contributed by atoms with E-state index in [0.717, 1.165) is 34.4 Å². The van der Waals surface area contributed by atoms with E-state index in [1.807, 2.05) is 43.3 Å². The zero-order valence-electron chi connectivity index (χ0n) is 19.8. The number of benzene rings is 3. The van der Waals surface area contributed by atoms with Gasteiger partial charge in [0.05, 0.1) is 22.9 Å². The van der Waals surface area contributed by atoms with Crippen LogP contribution in [0.5, 0.6) is 11.5 Å². The highest BCUT2D eigenvalue weighted by atomic mass is 79.9. The summed E-state index contributed by atoms with van der Waals surface area (Å²) in [5.41, 5.74) is 5.88. The van der Waals surface area contributed by atoms with Crippen LogP contribution in [0.1, 0.15) is 41.3 Å². The molecule has 0 saturated carbocycles. The van der Waals surface area contributed by atoms with Crippen molar-refractivity contribution < 1.29 is 14.3 Å². The Morgan fingerprint density at radius 2 is 1.75 bits per heavy atom. The second-order valence-electron chi connectivity index (χ2n) is 8.23. The van der Waals surface area contributed by atoms with Crippen molar-refractivity contribution in [3.8, 4) is 11.5 Å². The Morgan fingerprint density at radius 3 is 2.44 bits per heavy atom. The van der Waals surface area contributed by atoms with Crippen LogP contribution in [0.25, 0.3) is 0 Å². The van der Waals surface area contributed by atoms with Gasteiger partial charge < -0.3 is 14.4 Å². The van der Waals surface area contributed by atoms with Crippen LogP contribution in [0.2, 0.25) is 10.0 Å². The molecule has 0 spiro atoms. The molecule has 3 aromatic rings. The van der Waals surface area contributed by atoms with Crippen LogP contribution in [0.3, 0.4) is 0 Å². The number of nitrogens with zero attached hydrogens (tertiary/aromatic N) is 2. The van der Waals surface area contributed by atoms with Gasteiger partial charge in [-0.2, -0.15) is 5.10 Å². The van der Waals surface area contributed by atoms with Crippen LogP contribution in [0, 0.1) is 0 Å². The standard InChI is InChI=1S/C27H26BrCl2N3O3/c1-2-35-25-14-20(22(28)15-26(25)36-17-18-5-10-23(29)24(30)13-18)16-31-32-27(34)19-6-8-21(9-7-19)33-11-3-4-12-33/h5-10,13-16H,2-4,11-12,17H2,1H3,(H,32,34)/b31-16-. The number of rotatable bonds is 9. The minimum atomic E-state index is -0.276. The lowest BCUT2D eigenvalue weighted by Crippen LogP contribution is -2.19. The number of nitrogens with one attached hydrogen (secondary N) is 1. The summed E-state index contributed by atoms with van der Waals surface area (Å²) < 4.78 is 12.5. The van der Waals surface area contributed by atoms with Gasteiger partial charge in [0.15, 0.2) is 11.5 Å². The molecule has 0 unspecified atom stereocenters. The zero-order valence-corrected chi connectivity index (χ0v) is 22.9. The van der Waals surface area contributed by atoms with E-state index in [1.54, 1.807) is 24.4 Å². The van der Waals surface area contributed by atoms with Gasteiger partial charge in [-0.05, 0) is 89.8 Å². The molecule has 1 amide bonds. The fourth-order valence-corrected chi connectivity index (χ4v) is 4.59. The predicted molar refractivity (Wildman–Crippen MR) is 149 cm³/mol. The van der Waals surface area contributed by atoms with Crippen LogP contribution < -0.4 is 19.8 Å². The number of hydrogen-bond acceptors (Lipinski definition) is 5. The number of ether oxygens (including phenoxy) is 2. The van der Waals surface area contributed by atoms with E-state index in [1.165, 1.54) is 12.8 Å². The molecule has 1 saturated heterocycles. The average Bonchev–Trinajstić information content (AvgIpc) is 3.42. The lowest BCUT2D eigenvalue weighted by molar-refractivity contribution is 0.0955. The van der Waals surface area contributed by atoms with Gasteiger partial charge in [-0.3, -0.25) is 4.79 Å². The van der Waals surface area contributed by atoms with E-state index in [2.05, 4.69) is 31.4 Å². The zero-order chi connectivity index (χ0) is 25.5. The summed E-state index contributed by atoms with van der Waals surface area (Å²) in [4.78, 5) is 14.9. The first-order valence-electron chi connectivity index (χ1n) is 11.7. The number of amides is 1. The summed E-state index contributed by atoms with van der Waals surface area (Å²) in [5.74, 6) is 0.849. The van der Waals surface area contributed by atoms with Gasteiger partial charge in [-0.25, -0.2) is 5.43 Å². The fraction of sp³-hybridized carbons (Fsp3) is 0.259. The molecule has 1 aliphatic heterocycles. The number of carbonyl (C=O) groups excluding carboxylic acids is 1. The minimum absolute atomic E-state index is 0.276. The van der Waals surface area contributed by atoms with Gasteiger partial charge in [-0.15, -0.1) is 0 Å². The van der Waals surface area contributed by atoms with Gasteiger partial charge in [0.2, 0.25) is 0 Å². The molecule has 0 aliphatic carbocycles. The Hall–Kier alpha value is -2.74. The summed E-state index contributed by atoms with van der Waals surface area (Å²) >= 11 is 15.6. The van der Waals surface area contributed by atoms with Crippen molar-refractivity contribution >= 4 is 56.9 Å². The number of carbonyl (C=O) groups is 1. The van der Waals surface area contributed by atoms with Gasteiger partial charge in [0.25, 0.3) is 5.91 Å². The number of halogens is 3. The third kappa shape index (κ3) is 6.72. The van der Waals surface area contributed by atoms with Gasteiger partial charge in [-0.1, -0.05) is 29.3 Å². The Balaban J connectivity index is 1.41. The van der Waals surface area contributed by atoms with E-state index in [0.29, 0.717) is 40.3 Å². The Labute approximate surface area is 229 Å². The highest BCUT2D eigenvalue weighted by Gasteiger charge is 2.14. The number of hydrogen-bond donors (Lipinski definition) is 1. The normalized spacial score (nSPS) is 13.3. The molecule has 188 valence electrons. The Morgan fingerprint density at radius 1 is 1.03 bits per heavy atom. The van der Waals surface area contributed by atoms with E-state index in [9.17, 15) is 4.79 Å². The first kappa shape index (κ1) is 26.3. The minimum Gasteiger partial charge on any atom is -0.490 e. The monoisotopic (exact) mass is 589 g/mol. The Bertz CT molecular complexity index is 1250. The number of anilines is 1. The molecule has 1 fully saturated rings. The van der Waals surface area contributed by atoms with Crippen molar-refractivity contribution in [2.75, 3.05) is 24.6 Å². The SMILES string of the molecule is CCOc1cc(/C=N\NC(=O)c2ccc(N3CCCC3)cc2)c(Br)cc1OCc1ccc(Cl)c(Cl)c1. The van der Waals surface area contributed by atoms with Crippen LogP contribution in [-0.4, -0.2) is 31.8 Å². The molecule has 3 aromatic carbocycles. The van der Waals surface area contributed by atoms with E-state index >= 15 is 0 Å². The quantitative estimate of drug-likeness (QED) is 0.213. The molecule has 6 nitrogen and oxygen atoms in total. The van der Waals surface area contributed by atoms with Crippen LogP contribution in [-0.2, 0) is 6.61 Å². The fourth-order valence-electron chi connectivity index (χ4n) is 3.85. The van der Waals surface area contributed by atoms with Crippen LogP contribution in [0.15, 0.2) is 64.2 Å². The lowest BCUT2D eigenvalue weighted by atomic mass is 10.2. The topological polar surface area (TPSA) is 63.2 Å². The summed E-state index contributed by atoms with van der Waals surface area (Å²) in [6.45, 7) is 4.78. The van der Waals surface area contributed by atoms with E-state index in [4.69, 9.17) is 32.7 Å². The smallest absolute Gasteiger partial charge is 0.271 e. The van der Waals surface area contributed by atoms with Gasteiger partial charge >= 0.3 is 0 Å². The summed E-state index contributed by atoms with van der Waals surface area (Å²) in [5, 5.41) is 5.10. The molecule has 4 rings (SSSR count). The molecular formula is C27H26BrCl2N3O3. The van der Waals surface area contributed by atoms with Gasteiger partial charge in [0.1, 0.15) is 6.61 Å². The molecule has 0 radical (unpaired) electrons. The maximum atomic E-state index is 12.5. The molecule has 1 aliphatic rings. The number of hydrazone groups is 1. The van der Waals surface area contributed by atoms with Crippen molar-refractivity contribution in [3.63, 3.8) is 0 Å². The van der Waals surface area contributed by atoms with Crippen LogP contribution >= 0.6 is 39.1 Å². The maximum absolute atomic E-state index is 12.5. The highest BCUT2D eigenvalue weighted by molar-refractivity contribution is 9.10. The van der Waals surface area contributed by atoms with Crippen molar-refractivity contribution in [2.45, 2.75) is 26.4 Å². The molecule has 1 heterocycles. The van der Waals surface area contributed by atoms with E-state index in [-0.39, 0.29) is 5.91 Å². The second-order valence-corrected chi connectivity index (χ2v) is 9.90. The van der Waals surface area contributed by atoms with Crippen molar-refractivity contribution in [1.82, 2.24) is 5.43 Å². The first-order chi connectivity index (χ1) is 17.4. The van der Waals surface area contributed by atoms with E-state index < -0.39 is 0 Å². The maximum Gasteiger partial charge on any atom is 0.271 e. The molecule has 9 heteroatoms. The van der Waals surface area contributed by atoms with Crippen molar-refractivity contribution in [1.29, 1.82) is 0 Å². The molecular weight excluding hydrogens is 565 g/mol. The molecule has 0 aromatic heterocycles. The summed E-state index contributed by atoms with van der Waals surface area (Å²) in [7, 11) is 0. The van der Waals surface area contributed by atoms with Gasteiger partial charge in [0, 0.05) is 34.4 Å². The largest absolute Gasteiger partial charge is 0.490 e. The second kappa shape index (κ2) is 12.5. The third-order valence-corrected chi connectivity index (χ3v) is 7.14. The molecule has 0 atom stereocenters. The average molecular weight is 591 g/mol. The molecule has 36 heavy (non-hydrogen) atoms. The summed E-state index contributed by atoms with van der Waals surface area (Å²) in [6, 6.07) is 16.6. The predicted octanol–water partition coefficient (Wildman–Crippen LogP) is 7.10. The van der Waals surface area contributed by atoms with Crippen molar-refractivity contribution in [3.05, 3.63) is 85.8 Å². The first-order valence-corrected chi connectivity index (χ1v) is 13.2. The third-order valence-electron chi connectivity index (χ3n) is 5.71. The van der Waals surface area contributed by atoms with Crippen LogP contribution in [0.4, 0.5) is 5.69 Å². The van der Waals surface area contributed by atoms with Crippen molar-refractivity contribution in [2.24, 2.45) is 5.10 Å². The summed E-state index contributed by atoms with van der Waals surface area (Å²) in [6.07, 6.45) is 3.98. The highest BCUT2D eigenvalue weighted by Crippen LogP contribution is 2.34. The molecule has 1 N–H and O–H groups in total. The molecule has 0 bridgehead atoms. The Kier molecular flexibility index (Phi) is 9.13. The lowest BCUT2D eigenvalue weighted by Gasteiger charge is -2.17.